The molecule has 3 atom stereocenters. The van der Waals surface area contributed by atoms with Crippen LogP contribution in [0.3, 0.4) is 0 Å². The van der Waals surface area contributed by atoms with E-state index in [2.05, 4.69) is 4.90 Å². The van der Waals surface area contributed by atoms with Crippen LogP contribution in [0.5, 0.6) is 0 Å². The van der Waals surface area contributed by atoms with Crippen molar-refractivity contribution in [3.8, 4) is 0 Å². The van der Waals surface area contributed by atoms with E-state index < -0.39 is 29.9 Å². The Hall–Kier alpha value is -3.34. The number of para-hydroxylation sites is 1. The lowest BCUT2D eigenvalue weighted by Gasteiger charge is -2.41. The van der Waals surface area contributed by atoms with Gasteiger partial charge in [0.25, 0.3) is 0 Å². The molecule has 190 valence electrons. The van der Waals surface area contributed by atoms with Crippen molar-refractivity contribution in [2.24, 2.45) is 11.8 Å². The predicted molar refractivity (Wildman–Crippen MR) is 125 cm³/mol. The van der Waals surface area contributed by atoms with Crippen molar-refractivity contribution in [2.45, 2.75) is 25.4 Å². The molecule has 1 aliphatic carbocycles. The van der Waals surface area contributed by atoms with Crippen molar-refractivity contribution in [1.29, 1.82) is 0 Å². The summed E-state index contributed by atoms with van der Waals surface area (Å²) in [6.45, 7) is 4.21. The molecule has 0 radical (unpaired) electrons. The number of piperazine rings is 2. The second kappa shape index (κ2) is 11.4. The van der Waals surface area contributed by atoms with Crippen LogP contribution in [0.25, 0.3) is 0 Å². The van der Waals surface area contributed by atoms with E-state index in [9.17, 15) is 24.4 Å². The first-order valence-electron chi connectivity index (χ1n) is 12.2. The van der Waals surface area contributed by atoms with Gasteiger partial charge in [-0.15, -0.1) is 0 Å². The van der Waals surface area contributed by atoms with Crippen LogP contribution < -0.4 is 10.4 Å². The van der Waals surface area contributed by atoms with Crippen LogP contribution in [0, 0.1) is 11.8 Å². The van der Waals surface area contributed by atoms with E-state index in [1.54, 1.807) is 20.2 Å². The van der Waals surface area contributed by atoms with Crippen LogP contribution in [0.2, 0.25) is 0 Å². The summed E-state index contributed by atoms with van der Waals surface area (Å²) in [5, 5.41) is 9.30. The lowest BCUT2D eigenvalue weighted by atomic mass is 9.76. The zero-order chi connectivity index (χ0) is 24.8. The Balaban J connectivity index is 1.32. The Kier molecular flexibility index (Phi) is 8.06. The maximum Gasteiger partial charge on any atom is 0.410 e. The van der Waals surface area contributed by atoms with Crippen LogP contribution >= 0.6 is 0 Å². The molecule has 2 N–H and O–H groups in total. The van der Waals surface area contributed by atoms with Gasteiger partial charge in [-0.2, -0.15) is 0 Å². The van der Waals surface area contributed by atoms with E-state index in [0.29, 0.717) is 65.2 Å². The van der Waals surface area contributed by atoms with E-state index in [0.717, 1.165) is 12.1 Å². The van der Waals surface area contributed by atoms with Crippen LogP contribution in [-0.2, 0) is 19.1 Å². The number of anilines is 1. The highest BCUT2D eigenvalue weighted by Crippen LogP contribution is 2.34. The van der Waals surface area contributed by atoms with Crippen LogP contribution in [0.1, 0.15) is 19.3 Å². The smallest absolute Gasteiger partial charge is 0.410 e. The lowest BCUT2D eigenvalue weighted by molar-refractivity contribution is -0.149. The number of benzene rings is 1. The summed E-state index contributed by atoms with van der Waals surface area (Å²) in [5.74, 6) is -2.08. The van der Waals surface area contributed by atoms with Crippen molar-refractivity contribution in [1.82, 2.24) is 20.2 Å². The van der Waals surface area contributed by atoms with E-state index >= 15 is 0 Å². The summed E-state index contributed by atoms with van der Waals surface area (Å²) in [6, 6.07) is 10.0. The molecule has 4 amide bonds. The first-order valence-corrected chi connectivity index (χ1v) is 12.2. The summed E-state index contributed by atoms with van der Waals surface area (Å²) in [5.41, 5.74) is 2.81. The van der Waals surface area contributed by atoms with E-state index in [-0.39, 0.29) is 12.3 Å². The van der Waals surface area contributed by atoms with Gasteiger partial charge in [-0.1, -0.05) is 18.2 Å². The summed E-state index contributed by atoms with van der Waals surface area (Å²) >= 11 is 0. The van der Waals surface area contributed by atoms with Gasteiger partial charge < -0.3 is 24.3 Å². The van der Waals surface area contributed by atoms with Gasteiger partial charge in [-0.25, -0.2) is 10.3 Å². The van der Waals surface area contributed by atoms with Gasteiger partial charge in [-0.05, 0) is 31.4 Å². The standard InChI is InChI=1S/C24H33N5O6/c30-17-26-8-10-29(11-9-26)24(33)35-19-6-7-20(21(16-19)22(31)25-34)23(32)28-14-12-27(13-15-28)18-4-2-1-3-5-18/h1-5,17,19-21,34H,6-16H2,(H,25,31)/t19-,20+,21+/m1/s1. The number of hydrogen-bond donors (Lipinski definition) is 2. The summed E-state index contributed by atoms with van der Waals surface area (Å²) in [4.78, 5) is 56.4. The Bertz CT molecular complexity index is 899. The number of hydrogen-bond acceptors (Lipinski definition) is 7. The van der Waals surface area contributed by atoms with Crippen LogP contribution in [-0.4, -0.2) is 103 Å². The number of carbonyl (C=O) groups is 4. The molecule has 3 aliphatic rings. The average Bonchev–Trinajstić information content (AvgIpc) is 2.92. The minimum absolute atomic E-state index is 0.0962. The van der Waals surface area contributed by atoms with Gasteiger partial charge >= 0.3 is 6.09 Å². The third-order valence-electron chi connectivity index (χ3n) is 7.27. The van der Waals surface area contributed by atoms with Gasteiger partial charge in [0.1, 0.15) is 6.10 Å². The molecule has 3 fully saturated rings. The molecule has 1 aromatic carbocycles. The Labute approximate surface area is 204 Å². The Morgan fingerprint density at radius 2 is 1.54 bits per heavy atom. The van der Waals surface area contributed by atoms with Gasteiger partial charge in [-0.3, -0.25) is 19.6 Å². The number of rotatable bonds is 5. The number of hydroxylamine groups is 1. The lowest BCUT2D eigenvalue weighted by Crippen LogP contribution is -2.54. The van der Waals surface area contributed by atoms with E-state index in [1.165, 1.54) is 0 Å². The molecule has 2 heterocycles. The molecule has 0 unspecified atom stereocenters. The topological polar surface area (TPSA) is 123 Å². The highest BCUT2D eigenvalue weighted by atomic mass is 16.6. The maximum atomic E-state index is 13.4. The van der Waals surface area contributed by atoms with Crippen molar-refractivity contribution < 1.29 is 29.1 Å². The molecule has 0 aromatic heterocycles. The number of ether oxygens (including phenoxy) is 1. The number of nitrogens with zero attached hydrogens (tertiary/aromatic N) is 4. The SMILES string of the molecule is O=CN1CCN(C(=O)O[C@@H]2CC[C@H](C(=O)N3CCN(c4ccccc4)CC3)[C@@H](C(=O)NO)C2)CC1. The first kappa shape index (κ1) is 24.8. The van der Waals surface area contributed by atoms with Gasteiger partial charge in [0, 0.05) is 58.0 Å². The Morgan fingerprint density at radius 1 is 0.886 bits per heavy atom. The van der Waals surface area contributed by atoms with Gasteiger partial charge in [0.15, 0.2) is 0 Å². The highest BCUT2D eigenvalue weighted by Gasteiger charge is 2.43. The summed E-state index contributed by atoms with van der Waals surface area (Å²) < 4.78 is 5.65. The minimum Gasteiger partial charge on any atom is -0.446 e. The molecule has 11 nitrogen and oxygen atoms in total. The Morgan fingerprint density at radius 3 is 2.17 bits per heavy atom. The molecule has 2 aliphatic heterocycles. The fraction of sp³-hybridized carbons (Fsp3) is 0.583. The van der Waals surface area contributed by atoms with Crippen molar-refractivity contribution in [3.05, 3.63) is 30.3 Å². The second-order valence-electron chi connectivity index (χ2n) is 9.28. The largest absolute Gasteiger partial charge is 0.446 e. The molecule has 2 saturated heterocycles. The fourth-order valence-electron chi connectivity index (χ4n) is 5.19. The second-order valence-corrected chi connectivity index (χ2v) is 9.28. The van der Waals surface area contributed by atoms with Crippen LogP contribution in [0.4, 0.5) is 10.5 Å². The molecule has 11 heteroatoms. The normalized spacial score (nSPS) is 25.1. The predicted octanol–water partition coefficient (Wildman–Crippen LogP) is 0.536. The van der Waals surface area contributed by atoms with E-state index in [4.69, 9.17) is 4.74 Å². The quantitative estimate of drug-likeness (QED) is 0.353. The van der Waals surface area contributed by atoms with Gasteiger partial charge in [0.2, 0.25) is 18.2 Å². The molecule has 0 spiro atoms. The third kappa shape index (κ3) is 5.84. The summed E-state index contributed by atoms with van der Waals surface area (Å²) in [6.07, 6.45) is 0.800. The monoisotopic (exact) mass is 487 g/mol. The highest BCUT2D eigenvalue weighted by molar-refractivity contribution is 5.87. The number of amides is 4. The van der Waals surface area contributed by atoms with Crippen molar-refractivity contribution in [2.75, 3.05) is 57.3 Å². The number of nitrogens with one attached hydrogen (secondary N) is 1. The molecule has 0 bridgehead atoms. The zero-order valence-electron chi connectivity index (χ0n) is 19.8. The number of carbonyl (C=O) groups excluding carboxylic acids is 4. The van der Waals surface area contributed by atoms with Crippen LogP contribution in [0.15, 0.2) is 30.3 Å². The molecule has 35 heavy (non-hydrogen) atoms. The molecule has 1 aromatic rings. The molecule has 1 saturated carbocycles. The van der Waals surface area contributed by atoms with Crippen molar-refractivity contribution in [3.63, 3.8) is 0 Å². The first-order chi connectivity index (χ1) is 17.0. The molecular formula is C24H33N5O6. The fourth-order valence-corrected chi connectivity index (χ4v) is 5.19. The molecule has 4 rings (SSSR count). The van der Waals surface area contributed by atoms with Gasteiger partial charge in [0.05, 0.1) is 11.8 Å². The maximum absolute atomic E-state index is 13.4. The summed E-state index contributed by atoms with van der Waals surface area (Å²) in [7, 11) is 0. The average molecular weight is 488 g/mol. The van der Waals surface area contributed by atoms with Crippen molar-refractivity contribution >= 4 is 30.0 Å². The third-order valence-corrected chi connectivity index (χ3v) is 7.27. The molecular weight excluding hydrogens is 454 g/mol. The van der Waals surface area contributed by atoms with E-state index in [1.807, 2.05) is 30.3 Å². The minimum atomic E-state index is -0.780. The zero-order valence-corrected chi connectivity index (χ0v) is 19.8.